The van der Waals surface area contributed by atoms with Crippen molar-refractivity contribution in [2.45, 2.75) is 0 Å². The average molecular weight is 422 g/mol. The highest BCUT2D eigenvalue weighted by atomic mass is 127. The molecule has 3 rings (SSSR count). The van der Waals surface area contributed by atoms with E-state index in [1.54, 1.807) is 24.3 Å². The molecule has 3 aromatic rings. The third-order valence-electron chi connectivity index (χ3n) is 2.99. The van der Waals surface area contributed by atoms with E-state index >= 15 is 0 Å². The number of phenolic OH excluding ortho intramolecular Hbond substituents is 1. The lowest BCUT2D eigenvalue weighted by atomic mass is 10.2. The van der Waals surface area contributed by atoms with Crippen molar-refractivity contribution in [2.75, 3.05) is 5.32 Å². The molecule has 6 heteroatoms. The highest BCUT2D eigenvalue weighted by Crippen LogP contribution is 2.27. The monoisotopic (exact) mass is 422 g/mol. The number of nitrogens with zero attached hydrogens (tertiary/aromatic N) is 1. The highest BCUT2D eigenvalue weighted by molar-refractivity contribution is 14.1. The number of nitrogens with one attached hydrogen (secondary N) is 1. The normalized spacial score (nSPS) is 10.4. The van der Waals surface area contributed by atoms with Gasteiger partial charge in [-0.1, -0.05) is 24.3 Å². The Morgan fingerprint density at radius 3 is 2.77 bits per heavy atom. The Bertz CT molecular complexity index is 832. The zero-order chi connectivity index (χ0) is 15.5. The Morgan fingerprint density at radius 2 is 2.00 bits per heavy atom. The molecule has 110 valence electrons. The number of halogens is 1. The van der Waals surface area contributed by atoms with Crippen molar-refractivity contribution in [1.82, 2.24) is 4.98 Å². The van der Waals surface area contributed by atoms with E-state index in [1.807, 2.05) is 29.6 Å². The van der Waals surface area contributed by atoms with Crippen LogP contribution in [0.3, 0.4) is 0 Å². The minimum Gasteiger partial charge on any atom is -0.508 e. The number of carbonyl (C=O) groups excluding carboxylic acids is 1. The van der Waals surface area contributed by atoms with Gasteiger partial charge in [0.15, 0.2) is 5.13 Å². The molecular formula is C16H11IN2O2S. The Hall–Kier alpha value is -1.93. The van der Waals surface area contributed by atoms with Crippen LogP contribution >= 0.6 is 33.9 Å². The minimum absolute atomic E-state index is 0.179. The summed E-state index contributed by atoms with van der Waals surface area (Å²) in [5.74, 6) is 0.0109. The van der Waals surface area contributed by atoms with Gasteiger partial charge in [0.05, 0.1) is 11.3 Å². The fourth-order valence-electron chi connectivity index (χ4n) is 1.94. The summed E-state index contributed by atoms with van der Waals surface area (Å²) in [7, 11) is 0. The fraction of sp³-hybridized carbons (Fsp3) is 0. The molecule has 1 heterocycles. The maximum absolute atomic E-state index is 12.2. The minimum atomic E-state index is -0.179. The van der Waals surface area contributed by atoms with E-state index in [4.69, 9.17) is 0 Å². The van der Waals surface area contributed by atoms with Crippen molar-refractivity contribution >= 4 is 45.0 Å². The number of anilines is 1. The standard InChI is InChI=1S/C16H11IN2O2S/c17-13-7-2-1-6-12(13)15(21)19-16-18-14(9-22-16)10-4-3-5-11(20)8-10/h1-9,20H,(H,18,19,21). The molecule has 0 spiro atoms. The van der Waals surface area contributed by atoms with Crippen LogP contribution in [0.15, 0.2) is 53.9 Å². The van der Waals surface area contributed by atoms with Crippen LogP contribution in [0.25, 0.3) is 11.3 Å². The Balaban J connectivity index is 1.80. The van der Waals surface area contributed by atoms with Crippen molar-refractivity contribution in [2.24, 2.45) is 0 Å². The first-order valence-corrected chi connectivity index (χ1v) is 8.40. The summed E-state index contributed by atoms with van der Waals surface area (Å²) in [5, 5.41) is 14.7. The molecule has 0 saturated heterocycles. The van der Waals surface area contributed by atoms with Crippen molar-refractivity contribution in [1.29, 1.82) is 0 Å². The van der Waals surface area contributed by atoms with E-state index in [2.05, 4.69) is 32.9 Å². The number of benzene rings is 2. The zero-order valence-corrected chi connectivity index (χ0v) is 14.3. The molecule has 0 aliphatic carbocycles. The van der Waals surface area contributed by atoms with Crippen LogP contribution in [-0.2, 0) is 0 Å². The Morgan fingerprint density at radius 1 is 1.18 bits per heavy atom. The summed E-state index contributed by atoms with van der Waals surface area (Å²) in [6, 6.07) is 14.3. The molecule has 0 unspecified atom stereocenters. The van der Waals surface area contributed by atoms with Gasteiger partial charge in [0, 0.05) is 14.5 Å². The first-order valence-electron chi connectivity index (χ1n) is 6.44. The van der Waals surface area contributed by atoms with E-state index in [0.717, 1.165) is 14.8 Å². The number of thiazole rings is 1. The molecule has 0 aliphatic heterocycles. The first kappa shape index (κ1) is 15.0. The topological polar surface area (TPSA) is 62.2 Å². The van der Waals surface area contributed by atoms with Gasteiger partial charge in [-0.05, 0) is 46.9 Å². The van der Waals surface area contributed by atoms with Gasteiger partial charge < -0.3 is 5.11 Å². The summed E-state index contributed by atoms with van der Waals surface area (Å²) in [5.41, 5.74) is 2.15. The van der Waals surface area contributed by atoms with Crippen molar-refractivity contribution < 1.29 is 9.90 Å². The molecule has 1 aromatic heterocycles. The van der Waals surface area contributed by atoms with Crippen molar-refractivity contribution in [3.63, 3.8) is 0 Å². The van der Waals surface area contributed by atoms with Crippen LogP contribution < -0.4 is 5.32 Å². The fourth-order valence-corrected chi connectivity index (χ4v) is 3.29. The number of carbonyl (C=O) groups is 1. The van der Waals surface area contributed by atoms with Gasteiger partial charge in [0.25, 0.3) is 5.91 Å². The second-order valence-electron chi connectivity index (χ2n) is 4.52. The van der Waals surface area contributed by atoms with E-state index < -0.39 is 0 Å². The van der Waals surface area contributed by atoms with Gasteiger partial charge in [-0.25, -0.2) is 4.98 Å². The van der Waals surface area contributed by atoms with E-state index in [1.165, 1.54) is 11.3 Å². The number of hydrogen-bond donors (Lipinski definition) is 2. The lowest BCUT2D eigenvalue weighted by Crippen LogP contribution is -2.13. The largest absolute Gasteiger partial charge is 0.508 e. The molecule has 0 atom stereocenters. The summed E-state index contributed by atoms with van der Waals surface area (Å²) in [6.45, 7) is 0. The van der Waals surface area contributed by atoms with E-state index in [9.17, 15) is 9.90 Å². The molecule has 22 heavy (non-hydrogen) atoms. The smallest absolute Gasteiger partial charge is 0.258 e. The summed E-state index contributed by atoms with van der Waals surface area (Å²) in [6.07, 6.45) is 0. The number of rotatable bonds is 3. The van der Waals surface area contributed by atoms with Gasteiger partial charge in [-0.15, -0.1) is 11.3 Å². The highest BCUT2D eigenvalue weighted by Gasteiger charge is 2.12. The van der Waals surface area contributed by atoms with Gasteiger partial charge in [0.1, 0.15) is 5.75 Å². The van der Waals surface area contributed by atoms with Crippen LogP contribution in [0.4, 0.5) is 5.13 Å². The van der Waals surface area contributed by atoms with Gasteiger partial charge in [-0.3, -0.25) is 10.1 Å². The molecule has 0 fully saturated rings. The maximum atomic E-state index is 12.2. The lowest BCUT2D eigenvalue weighted by Gasteiger charge is -2.03. The van der Waals surface area contributed by atoms with Crippen molar-refractivity contribution in [3.8, 4) is 17.0 Å². The lowest BCUT2D eigenvalue weighted by molar-refractivity contribution is 0.102. The molecular weight excluding hydrogens is 411 g/mol. The summed E-state index contributed by atoms with van der Waals surface area (Å²) >= 11 is 3.48. The Kier molecular flexibility index (Phi) is 4.39. The molecule has 4 nitrogen and oxygen atoms in total. The number of hydrogen-bond acceptors (Lipinski definition) is 4. The van der Waals surface area contributed by atoms with Crippen LogP contribution in [0.1, 0.15) is 10.4 Å². The van der Waals surface area contributed by atoms with Crippen LogP contribution in [0.5, 0.6) is 5.75 Å². The number of phenols is 1. The molecule has 2 N–H and O–H groups in total. The van der Waals surface area contributed by atoms with Crippen LogP contribution in [0.2, 0.25) is 0 Å². The van der Waals surface area contributed by atoms with Crippen LogP contribution in [-0.4, -0.2) is 16.0 Å². The molecule has 1 amide bonds. The number of amides is 1. The zero-order valence-electron chi connectivity index (χ0n) is 11.3. The molecule has 0 aliphatic rings. The van der Waals surface area contributed by atoms with Gasteiger partial charge >= 0.3 is 0 Å². The number of aromatic hydroxyl groups is 1. The third kappa shape index (κ3) is 3.28. The van der Waals surface area contributed by atoms with E-state index in [-0.39, 0.29) is 11.7 Å². The first-order chi connectivity index (χ1) is 10.6. The number of aromatic nitrogens is 1. The summed E-state index contributed by atoms with van der Waals surface area (Å²) in [4.78, 5) is 16.6. The quantitative estimate of drug-likeness (QED) is 0.617. The second kappa shape index (κ2) is 6.45. The van der Waals surface area contributed by atoms with E-state index in [0.29, 0.717) is 10.7 Å². The summed E-state index contributed by atoms with van der Waals surface area (Å²) < 4.78 is 0.891. The third-order valence-corrected chi connectivity index (χ3v) is 4.68. The molecule has 0 radical (unpaired) electrons. The average Bonchev–Trinajstić information content (AvgIpc) is 2.96. The predicted octanol–water partition coefficient (Wildman–Crippen LogP) is 4.37. The molecule has 2 aromatic carbocycles. The SMILES string of the molecule is O=C(Nc1nc(-c2cccc(O)c2)cs1)c1ccccc1I. The van der Waals surface area contributed by atoms with Gasteiger partial charge in [0.2, 0.25) is 0 Å². The molecule has 0 bridgehead atoms. The predicted molar refractivity (Wildman–Crippen MR) is 96.3 cm³/mol. The van der Waals surface area contributed by atoms with Crippen LogP contribution in [0, 0.1) is 3.57 Å². The molecule has 0 saturated carbocycles. The second-order valence-corrected chi connectivity index (χ2v) is 6.54. The van der Waals surface area contributed by atoms with Crippen molar-refractivity contribution in [3.05, 3.63) is 63.0 Å². The maximum Gasteiger partial charge on any atom is 0.258 e. The Labute approximate surface area is 145 Å². The van der Waals surface area contributed by atoms with Gasteiger partial charge in [-0.2, -0.15) is 0 Å².